The number of piperidine rings is 1. The fraction of sp³-hybridized carbons (Fsp3) is 0.538. The molecule has 104 valence electrons. The van der Waals surface area contributed by atoms with Gasteiger partial charge >= 0.3 is 0 Å². The van der Waals surface area contributed by atoms with Gasteiger partial charge in [0, 0.05) is 32.0 Å². The van der Waals surface area contributed by atoms with Crippen LogP contribution in [0.2, 0.25) is 0 Å². The molecule has 0 aromatic heterocycles. The highest BCUT2D eigenvalue weighted by Crippen LogP contribution is 2.35. The summed E-state index contributed by atoms with van der Waals surface area (Å²) in [5.41, 5.74) is 7.38. The Morgan fingerprint density at radius 2 is 1.84 bits per heavy atom. The average molecular weight is 378 g/mol. The van der Waals surface area contributed by atoms with E-state index in [-0.39, 0.29) is 5.82 Å². The molecule has 0 saturated carbocycles. The monoisotopic (exact) mass is 378 g/mol. The highest BCUT2D eigenvalue weighted by Gasteiger charge is 2.40. The minimum atomic E-state index is -0.410. The predicted molar refractivity (Wildman–Crippen MR) is 79.6 cm³/mol. The molecule has 2 aliphatic rings. The minimum absolute atomic E-state index is 0.224. The summed E-state index contributed by atoms with van der Waals surface area (Å²) in [5.74, 6) is -0.633. The Hall–Kier alpha value is -0.600. The number of halogens is 2. The van der Waals surface area contributed by atoms with Gasteiger partial charge < -0.3 is 20.1 Å². The number of ether oxygens (including phenoxy) is 2. The van der Waals surface area contributed by atoms with Crippen LogP contribution in [-0.4, -0.2) is 32.1 Å². The fourth-order valence-corrected chi connectivity index (χ4v) is 3.19. The van der Waals surface area contributed by atoms with Gasteiger partial charge in [-0.2, -0.15) is 0 Å². The van der Waals surface area contributed by atoms with Gasteiger partial charge in [0.15, 0.2) is 5.79 Å². The van der Waals surface area contributed by atoms with E-state index in [1.54, 1.807) is 6.07 Å². The molecule has 0 radical (unpaired) electrons. The van der Waals surface area contributed by atoms with Crippen molar-refractivity contribution in [2.24, 2.45) is 0 Å². The second kappa shape index (κ2) is 5.06. The Balaban J connectivity index is 1.76. The number of hydrogen-bond acceptors (Lipinski definition) is 4. The molecule has 6 heteroatoms. The summed E-state index contributed by atoms with van der Waals surface area (Å²) in [7, 11) is 0. The molecule has 2 aliphatic heterocycles. The second-order valence-electron chi connectivity index (χ2n) is 4.92. The van der Waals surface area contributed by atoms with E-state index in [4.69, 9.17) is 15.2 Å². The van der Waals surface area contributed by atoms with Gasteiger partial charge in [0.1, 0.15) is 5.82 Å². The van der Waals surface area contributed by atoms with E-state index in [1.165, 1.54) is 6.07 Å². The number of nitrogen functional groups attached to an aromatic ring is 1. The largest absolute Gasteiger partial charge is 0.397 e. The van der Waals surface area contributed by atoms with Gasteiger partial charge in [-0.1, -0.05) is 0 Å². The van der Waals surface area contributed by atoms with E-state index >= 15 is 0 Å². The van der Waals surface area contributed by atoms with Gasteiger partial charge in [0.05, 0.1) is 28.2 Å². The third kappa shape index (κ3) is 2.53. The third-order valence-electron chi connectivity index (χ3n) is 3.75. The van der Waals surface area contributed by atoms with E-state index in [9.17, 15) is 4.39 Å². The van der Waals surface area contributed by atoms with Crippen LogP contribution in [0.25, 0.3) is 0 Å². The normalized spacial score (nSPS) is 22.1. The van der Waals surface area contributed by atoms with E-state index in [1.807, 2.05) is 22.6 Å². The van der Waals surface area contributed by atoms with Crippen LogP contribution in [0, 0.1) is 9.39 Å². The van der Waals surface area contributed by atoms with E-state index in [0.29, 0.717) is 22.5 Å². The maximum Gasteiger partial charge on any atom is 0.171 e. The van der Waals surface area contributed by atoms with E-state index in [2.05, 4.69) is 4.90 Å². The van der Waals surface area contributed by atoms with Crippen molar-refractivity contribution in [3.63, 3.8) is 0 Å². The zero-order chi connectivity index (χ0) is 13.5. The van der Waals surface area contributed by atoms with Crippen molar-refractivity contribution >= 4 is 34.0 Å². The summed E-state index contributed by atoms with van der Waals surface area (Å²) in [4.78, 5) is 2.10. The molecule has 0 aliphatic carbocycles. The number of rotatable bonds is 1. The maximum absolute atomic E-state index is 13.7. The third-order valence-corrected chi connectivity index (χ3v) is 4.58. The first-order valence-electron chi connectivity index (χ1n) is 6.37. The topological polar surface area (TPSA) is 47.7 Å². The lowest BCUT2D eigenvalue weighted by Crippen LogP contribution is -2.45. The lowest BCUT2D eigenvalue weighted by molar-refractivity contribution is -0.169. The van der Waals surface area contributed by atoms with Crippen molar-refractivity contribution in [3.8, 4) is 0 Å². The highest BCUT2D eigenvalue weighted by atomic mass is 127. The summed E-state index contributed by atoms with van der Waals surface area (Å²) < 4.78 is 25.6. The van der Waals surface area contributed by atoms with Crippen LogP contribution in [0.3, 0.4) is 0 Å². The summed E-state index contributed by atoms with van der Waals surface area (Å²) in [5, 5.41) is 0. The Morgan fingerprint density at radius 1 is 1.21 bits per heavy atom. The molecule has 2 saturated heterocycles. The number of nitrogens with zero attached hydrogens (tertiary/aromatic N) is 1. The van der Waals surface area contributed by atoms with Crippen LogP contribution in [-0.2, 0) is 9.47 Å². The smallest absolute Gasteiger partial charge is 0.171 e. The lowest BCUT2D eigenvalue weighted by Gasteiger charge is -2.39. The van der Waals surface area contributed by atoms with Crippen LogP contribution < -0.4 is 10.6 Å². The van der Waals surface area contributed by atoms with Gasteiger partial charge in [-0.05, 0) is 28.7 Å². The summed E-state index contributed by atoms with van der Waals surface area (Å²) >= 11 is 1.95. The first-order chi connectivity index (χ1) is 9.10. The van der Waals surface area contributed by atoms with Crippen LogP contribution in [0.5, 0.6) is 0 Å². The molecule has 2 N–H and O–H groups in total. The second-order valence-corrected chi connectivity index (χ2v) is 6.08. The maximum atomic E-state index is 13.7. The minimum Gasteiger partial charge on any atom is -0.397 e. The molecule has 1 aromatic carbocycles. The molecule has 0 bridgehead atoms. The molecule has 19 heavy (non-hydrogen) atoms. The van der Waals surface area contributed by atoms with Gasteiger partial charge in [0.25, 0.3) is 0 Å². The van der Waals surface area contributed by atoms with Crippen LogP contribution >= 0.6 is 22.6 Å². The molecule has 2 heterocycles. The highest BCUT2D eigenvalue weighted by molar-refractivity contribution is 14.1. The molecule has 0 unspecified atom stereocenters. The van der Waals surface area contributed by atoms with Crippen molar-refractivity contribution in [2.45, 2.75) is 18.6 Å². The standard InChI is InChI=1S/C13H16FIN2O2/c14-9-7-12(11(16)8-10(9)15)17-3-1-13(2-4-17)18-5-6-19-13/h7-8H,1-6,16H2. The molecule has 0 atom stereocenters. The molecule has 1 aromatic rings. The quantitative estimate of drug-likeness (QED) is 0.602. The zero-order valence-electron chi connectivity index (χ0n) is 10.5. The van der Waals surface area contributed by atoms with Crippen LogP contribution in [0.1, 0.15) is 12.8 Å². The van der Waals surface area contributed by atoms with E-state index < -0.39 is 5.79 Å². The van der Waals surface area contributed by atoms with Crippen LogP contribution in [0.4, 0.5) is 15.8 Å². The van der Waals surface area contributed by atoms with Crippen molar-refractivity contribution in [1.29, 1.82) is 0 Å². The molecular formula is C13H16FIN2O2. The summed E-state index contributed by atoms with van der Waals surface area (Å²) in [6.45, 7) is 2.87. The zero-order valence-corrected chi connectivity index (χ0v) is 12.7. The molecule has 1 spiro atoms. The Morgan fingerprint density at radius 3 is 2.47 bits per heavy atom. The van der Waals surface area contributed by atoms with Gasteiger partial charge in [-0.3, -0.25) is 0 Å². The van der Waals surface area contributed by atoms with Crippen molar-refractivity contribution in [2.75, 3.05) is 36.9 Å². The molecule has 0 amide bonds. The number of nitrogens with two attached hydrogens (primary N) is 1. The molecule has 2 fully saturated rings. The SMILES string of the molecule is Nc1cc(I)c(F)cc1N1CCC2(CC1)OCCO2. The molecule has 3 rings (SSSR count). The van der Waals surface area contributed by atoms with Gasteiger partial charge in [-0.15, -0.1) is 0 Å². The summed E-state index contributed by atoms with van der Waals surface area (Å²) in [6.07, 6.45) is 1.58. The number of hydrogen-bond donors (Lipinski definition) is 1. The van der Waals surface area contributed by atoms with Crippen LogP contribution in [0.15, 0.2) is 12.1 Å². The Kier molecular flexibility index (Phi) is 3.57. The first-order valence-corrected chi connectivity index (χ1v) is 7.45. The Bertz CT molecular complexity index is 482. The molecule has 4 nitrogen and oxygen atoms in total. The number of benzene rings is 1. The average Bonchev–Trinajstić information content (AvgIpc) is 2.84. The summed E-state index contributed by atoms with van der Waals surface area (Å²) in [6, 6.07) is 3.20. The number of anilines is 2. The van der Waals surface area contributed by atoms with Crippen molar-refractivity contribution < 1.29 is 13.9 Å². The van der Waals surface area contributed by atoms with Gasteiger partial charge in [-0.25, -0.2) is 4.39 Å². The van der Waals surface area contributed by atoms with Crippen molar-refractivity contribution in [1.82, 2.24) is 0 Å². The first kappa shape index (κ1) is 13.4. The van der Waals surface area contributed by atoms with E-state index in [0.717, 1.165) is 31.6 Å². The lowest BCUT2D eigenvalue weighted by atomic mass is 10.0. The van der Waals surface area contributed by atoms with Crippen molar-refractivity contribution in [3.05, 3.63) is 21.5 Å². The Labute approximate surface area is 125 Å². The molecular weight excluding hydrogens is 362 g/mol. The fourth-order valence-electron chi connectivity index (χ4n) is 2.70. The van der Waals surface area contributed by atoms with Gasteiger partial charge in [0.2, 0.25) is 0 Å². The predicted octanol–water partition coefficient (Wildman–Crippen LogP) is 2.36.